The fourth-order valence-electron chi connectivity index (χ4n) is 3.19. The molecule has 0 amide bonds. The number of nitrogens with zero attached hydrogens (tertiary/aromatic N) is 1. The zero-order chi connectivity index (χ0) is 13.6. The summed E-state index contributed by atoms with van der Waals surface area (Å²) in [6, 6.07) is 6.74. The number of hydrogen-bond acceptors (Lipinski definition) is 2. The Bertz CT molecular complexity index is 561. The first-order valence-electron chi connectivity index (χ1n) is 6.41. The number of piperidine rings is 1. The number of benzene rings is 1. The van der Waals surface area contributed by atoms with E-state index in [4.69, 9.17) is 11.6 Å². The summed E-state index contributed by atoms with van der Waals surface area (Å²) in [5.41, 5.74) is 0. The molecule has 2 fully saturated rings. The monoisotopic (exact) mass is 363 g/mol. The molecule has 0 N–H and O–H groups in total. The van der Waals surface area contributed by atoms with E-state index in [-0.39, 0.29) is 12.1 Å². The Morgan fingerprint density at radius 3 is 2.16 bits per heavy atom. The Kier molecular flexibility index (Phi) is 3.67. The van der Waals surface area contributed by atoms with E-state index >= 15 is 0 Å². The van der Waals surface area contributed by atoms with Gasteiger partial charge in [-0.05, 0) is 49.9 Å². The maximum Gasteiger partial charge on any atom is 0.243 e. The number of rotatable bonds is 2. The van der Waals surface area contributed by atoms with E-state index in [1.54, 1.807) is 28.6 Å². The maximum absolute atomic E-state index is 12.7. The number of sulfonamides is 1. The number of alkyl halides is 1. The molecule has 2 heterocycles. The Hall–Kier alpha value is -0.100. The van der Waals surface area contributed by atoms with Crippen molar-refractivity contribution in [2.75, 3.05) is 0 Å². The van der Waals surface area contributed by atoms with Crippen LogP contribution in [0.15, 0.2) is 29.2 Å². The van der Waals surface area contributed by atoms with Crippen molar-refractivity contribution in [2.24, 2.45) is 0 Å². The van der Waals surface area contributed by atoms with Crippen LogP contribution in [0.3, 0.4) is 0 Å². The highest BCUT2D eigenvalue weighted by Crippen LogP contribution is 2.41. The third-order valence-corrected chi connectivity index (χ3v) is 7.02. The van der Waals surface area contributed by atoms with Crippen LogP contribution in [-0.4, -0.2) is 29.6 Å². The molecule has 3 rings (SSSR count). The molecule has 2 unspecified atom stereocenters. The molecular weight excluding hydrogens is 350 g/mol. The topological polar surface area (TPSA) is 37.4 Å². The highest BCUT2D eigenvalue weighted by molar-refractivity contribution is 9.09. The average molecular weight is 365 g/mol. The van der Waals surface area contributed by atoms with E-state index in [1.807, 2.05) is 0 Å². The molecule has 2 aliphatic heterocycles. The summed E-state index contributed by atoms with van der Waals surface area (Å²) in [4.78, 5) is 0.795. The summed E-state index contributed by atoms with van der Waals surface area (Å²) >= 11 is 9.45. The van der Waals surface area contributed by atoms with Gasteiger partial charge in [0, 0.05) is 21.9 Å². The number of hydrogen-bond donors (Lipinski definition) is 0. The van der Waals surface area contributed by atoms with Crippen molar-refractivity contribution in [3.8, 4) is 0 Å². The molecule has 0 radical (unpaired) electrons. The van der Waals surface area contributed by atoms with Gasteiger partial charge in [-0.2, -0.15) is 4.31 Å². The van der Waals surface area contributed by atoms with Crippen molar-refractivity contribution in [3.63, 3.8) is 0 Å². The summed E-state index contributed by atoms with van der Waals surface area (Å²) in [7, 11) is -3.38. The summed E-state index contributed by atoms with van der Waals surface area (Å²) in [6.45, 7) is 0. The molecule has 0 aliphatic carbocycles. The Morgan fingerprint density at radius 1 is 1.11 bits per heavy atom. The molecule has 1 aromatic rings. The van der Waals surface area contributed by atoms with Crippen LogP contribution in [0.4, 0.5) is 0 Å². The summed E-state index contributed by atoms with van der Waals surface area (Å²) in [5.74, 6) is 0. The van der Waals surface area contributed by atoms with Gasteiger partial charge in [0.15, 0.2) is 0 Å². The lowest BCUT2D eigenvalue weighted by atomic mass is 10.1. The Balaban J connectivity index is 1.95. The molecular formula is C13H15BrClNO2S. The van der Waals surface area contributed by atoms with Gasteiger partial charge < -0.3 is 0 Å². The van der Waals surface area contributed by atoms with Gasteiger partial charge in [0.2, 0.25) is 10.0 Å². The predicted molar refractivity (Wildman–Crippen MR) is 79.2 cm³/mol. The zero-order valence-electron chi connectivity index (χ0n) is 10.3. The summed E-state index contributed by atoms with van der Waals surface area (Å²) < 4.78 is 27.2. The van der Waals surface area contributed by atoms with Crippen LogP contribution in [0, 0.1) is 0 Å². The standard InChI is InChI=1S/C13H15BrClNO2S/c14-9-7-11-3-4-12(8-9)16(11)19(17,18)13-5-1-10(15)2-6-13/h1-2,5-6,9,11-12H,3-4,7-8H2. The molecule has 2 aliphatic rings. The van der Waals surface area contributed by atoms with E-state index < -0.39 is 10.0 Å². The van der Waals surface area contributed by atoms with Crippen LogP contribution in [0.5, 0.6) is 0 Å². The zero-order valence-corrected chi connectivity index (χ0v) is 13.5. The van der Waals surface area contributed by atoms with E-state index in [0.29, 0.717) is 14.7 Å². The fraction of sp³-hybridized carbons (Fsp3) is 0.538. The molecule has 0 aromatic heterocycles. The molecule has 0 saturated carbocycles. The minimum Gasteiger partial charge on any atom is -0.207 e. The predicted octanol–water partition coefficient (Wildman–Crippen LogP) is 3.42. The fourth-order valence-corrected chi connectivity index (χ4v) is 6.07. The molecule has 1 aromatic carbocycles. The highest BCUT2D eigenvalue weighted by Gasteiger charge is 2.46. The van der Waals surface area contributed by atoms with E-state index in [9.17, 15) is 8.42 Å². The van der Waals surface area contributed by atoms with Crippen molar-refractivity contribution in [1.82, 2.24) is 4.31 Å². The molecule has 104 valence electrons. The van der Waals surface area contributed by atoms with Gasteiger partial charge in [-0.25, -0.2) is 8.42 Å². The second kappa shape index (κ2) is 5.02. The van der Waals surface area contributed by atoms with Gasteiger partial charge >= 0.3 is 0 Å². The van der Waals surface area contributed by atoms with Crippen LogP contribution < -0.4 is 0 Å². The first kappa shape index (κ1) is 13.9. The summed E-state index contributed by atoms with van der Waals surface area (Å²) in [5, 5.41) is 0.557. The SMILES string of the molecule is O=S(=O)(c1ccc(Cl)cc1)N1C2CCC1CC(Br)C2. The minimum atomic E-state index is -3.38. The molecule has 3 nitrogen and oxygen atoms in total. The van der Waals surface area contributed by atoms with E-state index in [1.165, 1.54) is 0 Å². The van der Waals surface area contributed by atoms with Crippen LogP contribution >= 0.6 is 27.5 Å². The van der Waals surface area contributed by atoms with Crippen molar-refractivity contribution in [2.45, 2.75) is 47.5 Å². The molecule has 0 spiro atoms. The van der Waals surface area contributed by atoms with Crippen molar-refractivity contribution in [3.05, 3.63) is 29.3 Å². The van der Waals surface area contributed by atoms with Gasteiger partial charge in [0.05, 0.1) is 4.90 Å². The van der Waals surface area contributed by atoms with Gasteiger partial charge in [0.25, 0.3) is 0 Å². The third-order valence-electron chi connectivity index (χ3n) is 4.00. The first-order valence-corrected chi connectivity index (χ1v) is 9.15. The van der Waals surface area contributed by atoms with Crippen LogP contribution in [0.2, 0.25) is 5.02 Å². The van der Waals surface area contributed by atoms with E-state index in [0.717, 1.165) is 25.7 Å². The third kappa shape index (κ3) is 2.46. The van der Waals surface area contributed by atoms with Crippen LogP contribution in [0.25, 0.3) is 0 Å². The van der Waals surface area contributed by atoms with Gasteiger partial charge in [0.1, 0.15) is 0 Å². The van der Waals surface area contributed by atoms with Gasteiger partial charge in [-0.3, -0.25) is 0 Å². The van der Waals surface area contributed by atoms with Gasteiger partial charge in [-0.15, -0.1) is 0 Å². The molecule has 2 bridgehead atoms. The summed E-state index contributed by atoms with van der Waals surface area (Å²) in [6.07, 6.45) is 3.76. The normalized spacial score (nSPS) is 31.6. The lowest BCUT2D eigenvalue weighted by Gasteiger charge is -2.36. The van der Waals surface area contributed by atoms with E-state index in [2.05, 4.69) is 15.9 Å². The van der Waals surface area contributed by atoms with Gasteiger partial charge in [-0.1, -0.05) is 27.5 Å². The van der Waals surface area contributed by atoms with Crippen molar-refractivity contribution < 1.29 is 8.42 Å². The van der Waals surface area contributed by atoms with Crippen molar-refractivity contribution in [1.29, 1.82) is 0 Å². The van der Waals surface area contributed by atoms with Crippen molar-refractivity contribution >= 4 is 37.6 Å². The number of halogens is 2. The minimum absolute atomic E-state index is 0.142. The average Bonchev–Trinajstić information content (AvgIpc) is 2.64. The first-order chi connectivity index (χ1) is 8.98. The lowest BCUT2D eigenvalue weighted by Crippen LogP contribution is -2.46. The molecule has 6 heteroatoms. The Labute approximate surface area is 127 Å². The van der Waals surface area contributed by atoms with Crippen LogP contribution in [0.1, 0.15) is 25.7 Å². The lowest BCUT2D eigenvalue weighted by molar-refractivity contribution is 0.255. The smallest absolute Gasteiger partial charge is 0.207 e. The number of fused-ring (bicyclic) bond motifs is 2. The maximum atomic E-state index is 12.7. The molecule has 2 saturated heterocycles. The largest absolute Gasteiger partial charge is 0.243 e. The molecule has 2 atom stereocenters. The Morgan fingerprint density at radius 2 is 1.63 bits per heavy atom. The second-order valence-corrected chi connectivity index (χ2v) is 8.82. The molecule has 19 heavy (non-hydrogen) atoms. The van der Waals surface area contributed by atoms with Crippen LogP contribution in [-0.2, 0) is 10.0 Å². The quantitative estimate of drug-likeness (QED) is 0.754. The highest BCUT2D eigenvalue weighted by atomic mass is 79.9. The second-order valence-electron chi connectivity index (χ2n) is 5.24.